The van der Waals surface area contributed by atoms with Crippen molar-refractivity contribution < 1.29 is 9.59 Å². The van der Waals surface area contributed by atoms with E-state index in [2.05, 4.69) is 37.2 Å². The largest absolute Gasteiger partial charge is 0.343 e. The Bertz CT molecular complexity index is 687. The van der Waals surface area contributed by atoms with Gasteiger partial charge < -0.3 is 9.47 Å². The van der Waals surface area contributed by atoms with Gasteiger partial charge in [-0.05, 0) is 53.5 Å². The quantitative estimate of drug-likeness (QED) is 0.777. The van der Waals surface area contributed by atoms with E-state index in [0.717, 1.165) is 56.0 Å². The number of Topliss-reactive ketones (excluding diaryl/α,β-unsaturated/α-hetero) is 1. The smallest absolute Gasteiger partial charge is 0.225 e. The third-order valence-corrected chi connectivity index (χ3v) is 5.91. The zero-order chi connectivity index (χ0) is 19.1. The van der Waals surface area contributed by atoms with E-state index >= 15 is 0 Å². The van der Waals surface area contributed by atoms with Crippen LogP contribution >= 0.6 is 0 Å². The van der Waals surface area contributed by atoms with Gasteiger partial charge in [0.1, 0.15) is 0 Å². The van der Waals surface area contributed by atoms with Crippen LogP contribution in [0.3, 0.4) is 0 Å². The first-order valence-electron chi connectivity index (χ1n) is 9.92. The van der Waals surface area contributed by atoms with E-state index in [9.17, 15) is 9.59 Å². The van der Waals surface area contributed by atoms with E-state index < -0.39 is 0 Å². The summed E-state index contributed by atoms with van der Waals surface area (Å²) >= 11 is 0. The molecular formula is C21H33N3O2. The van der Waals surface area contributed by atoms with Crippen LogP contribution in [-0.2, 0) is 10.3 Å². The molecule has 1 aromatic heterocycles. The zero-order valence-electron chi connectivity index (χ0n) is 17.0. The second-order valence-corrected chi connectivity index (χ2v) is 8.94. The Morgan fingerprint density at radius 2 is 1.69 bits per heavy atom. The van der Waals surface area contributed by atoms with Gasteiger partial charge in [0.15, 0.2) is 5.78 Å². The fourth-order valence-electron chi connectivity index (χ4n) is 4.41. The molecule has 1 amide bonds. The molecule has 2 heterocycles. The summed E-state index contributed by atoms with van der Waals surface area (Å²) in [6.07, 6.45) is 3.31. The van der Waals surface area contributed by atoms with Gasteiger partial charge in [0, 0.05) is 54.6 Å². The van der Waals surface area contributed by atoms with Gasteiger partial charge in [-0.25, -0.2) is 0 Å². The molecule has 3 rings (SSSR count). The normalized spacial score (nSPS) is 19.5. The number of hydrogen-bond donors (Lipinski definition) is 0. The minimum Gasteiger partial charge on any atom is -0.343 e. The van der Waals surface area contributed by atoms with Gasteiger partial charge in [-0.2, -0.15) is 0 Å². The molecule has 1 saturated carbocycles. The summed E-state index contributed by atoms with van der Waals surface area (Å²) in [5, 5.41) is 0. The van der Waals surface area contributed by atoms with Gasteiger partial charge in [-0.3, -0.25) is 14.5 Å². The van der Waals surface area contributed by atoms with Crippen molar-refractivity contribution in [3.63, 3.8) is 0 Å². The lowest BCUT2D eigenvalue weighted by molar-refractivity contribution is -0.139. The molecule has 26 heavy (non-hydrogen) atoms. The molecular weight excluding hydrogens is 326 g/mol. The molecule has 2 aliphatic rings. The highest BCUT2D eigenvalue weighted by Crippen LogP contribution is 2.29. The molecule has 0 unspecified atom stereocenters. The third kappa shape index (κ3) is 3.73. The minimum absolute atomic E-state index is 0.0276. The van der Waals surface area contributed by atoms with Gasteiger partial charge >= 0.3 is 0 Å². The Kier molecular flexibility index (Phi) is 5.29. The highest BCUT2D eigenvalue weighted by atomic mass is 16.2. The number of ketones is 1. The molecule has 1 aromatic rings. The van der Waals surface area contributed by atoms with Crippen molar-refractivity contribution >= 4 is 11.7 Å². The molecule has 0 spiro atoms. The van der Waals surface area contributed by atoms with Gasteiger partial charge in [0.2, 0.25) is 5.91 Å². The molecule has 2 fully saturated rings. The average molecular weight is 360 g/mol. The van der Waals surface area contributed by atoms with Crippen molar-refractivity contribution in [1.82, 2.24) is 14.4 Å². The molecule has 0 bridgehead atoms. The highest BCUT2D eigenvalue weighted by molar-refractivity contribution is 5.99. The number of hydrogen-bond acceptors (Lipinski definition) is 3. The van der Waals surface area contributed by atoms with E-state index in [1.165, 1.54) is 6.42 Å². The van der Waals surface area contributed by atoms with E-state index in [-0.39, 0.29) is 17.2 Å². The SMILES string of the molecule is Cc1cc(C(=O)CN2CCN(C(=O)C3CCC3)CC2)c(C)n1C(C)(C)C. The second kappa shape index (κ2) is 7.18. The van der Waals surface area contributed by atoms with Crippen molar-refractivity contribution in [2.24, 2.45) is 5.92 Å². The van der Waals surface area contributed by atoms with Gasteiger partial charge in [-0.1, -0.05) is 6.42 Å². The predicted octanol–water partition coefficient (Wildman–Crippen LogP) is 2.99. The lowest BCUT2D eigenvalue weighted by atomic mass is 9.84. The molecule has 0 radical (unpaired) electrons. The van der Waals surface area contributed by atoms with E-state index in [1.54, 1.807) is 0 Å². The van der Waals surface area contributed by atoms with Crippen LogP contribution in [0, 0.1) is 19.8 Å². The summed E-state index contributed by atoms with van der Waals surface area (Å²) in [6.45, 7) is 14.1. The molecule has 144 valence electrons. The maximum absolute atomic E-state index is 12.9. The number of aryl methyl sites for hydroxylation is 1. The monoisotopic (exact) mass is 359 g/mol. The molecule has 1 aliphatic carbocycles. The van der Waals surface area contributed by atoms with E-state index in [0.29, 0.717) is 12.5 Å². The van der Waals surface area contributed by atoms with Crippen LogP contribution in [0.25, 0.3) is 0 Å². The predicted molar refractivity (Wildman–Crippen MR) is 104 cm³/mol. The molecule has 5 heteroatoms. The number of amides is 1. The van der Waals surface area contributed by atoms with Crippen LogP contribution in [0.15, 0.2) is 6.07 Å². The summed E-state index contributed by atoms with van der Waals surface area (Å²) in [7, 11) is 0. The Hall–Kier alpha value is -1.62. The van der Waals surface area contributed by atoms with Gasteiger partial charge in [0.05, 0.1) is 6.54 Å². The number of aromatic nitrogens is 1. The second-order valence-electron chi connectivity index (χ2n) is 8.94. The summed E-state index contributed by atoms with van der Waals surface area (Å²) in [4.78, 5) is 29.4. The van der Waals surface area contributed by atoms with Crippen molar-refractivity contribution in [3.8, 4) is 0 Å². The standard InChI is InChI=1S/C21H33N3O2/c1-15-13-18(16(2)24(15)21(3,4)5)19(25)14-22-9-11-23(12-10-22)20(26)17-7-6-8-17/h13,17H,6-12,14H2,1-5H3. The molecule has 5 nitrogen and oxygen atoms in total. The maximum Gasteiger partial charge on any atom is 0.225 e. The van der Waals surface area contributed by atoms with Crippen LogP contribution in [0.4, 0.5) is 0 Å². The van der Waals surface area contributed by atoms with E-state index in [1.807, 2.05) is 17.9 Å². The lowest BCUT2D eigenvalue weighted by Gasteiger charge is -2.38. The molecule has 0 aromatic carbocycles. The lowest BCUT2D eigenvalue weighted by Crippen LogP contribution is -2.52. The Balaban J connectivity index is 1.59. The van der Waals surface area contributed by atoms with Crippen molar-refractivity contribution in [2.45, 2.75) is 59.4 Å². The first kappa shape index (κ1) is 19.2. The van der Waals surface area contributed by atoms with Crippen LogP contribution in [0.2, 0.25) is 0 Å². The van der Waals surface area contributed by atoms with Crippen LogP contribution in [0.5, 0.6) is 0 Å². The van der Waals surface area contributed by atoms with Crippen LogP contribution in [-0.4, -0.2) is 58.8 Å². The summed E-state index contributed by atoms with van der Waals surface area (Å²) in [6, 6.07) is 2.03. The number of carbonyl (C=O) groups excluding carboxylic acids is 2. The Morgan fingerprint density at radius 3 is 2.15 bits per heavy atom. The summed E-state index contributed by atoms with van der Waals surface area (Å²) < 4.78 is 2.25. The molecule has 0 N–H and O–H groups in total. The fraction of sp³-hybridized carbons (Fsp3) is 0.714. The first-order chi connectivity index (χ1) is 12.2. The number of piperazine rings is 1. The van der Waals surface area contributed by atoms with Gasteiger partial charge in [-0.15, -0.1) is 0 Å². The van der Waals surface area contributed by atoms with Crippen LogP contribution in [0.1, 0.15) is 61.8 Å². The maximum atomic E-state index is 12.9. The fourth-order valence-corrected chi connectivity index (χ4v) is 4.41. The van der Waals surface area contributed by atoms with Crippen molar-refractivity contribution in [1.29, 1.82) is 0 Å². The Labute approximate surface area is 157 Å². The number of rotatable bonds is 4. The molecule has 1 saturated heterocycles. The topological polar surface area (TPSA) is 45.6 Å². The number of nitrogens with zero attached hydrogens (tertiary/aromatic N) is 3. The average Bonchev–Trinajstić information content (AvgIpc) is 2.81. The van der Waals surface area contributed by atoms with Crippen molar-refractivity contribution in [2.75, 3.05) is 32.7 Å². The van der Waals surface area contributed by atoms with E-state index in [4.69, 9.17) is 0 Å². The minimum atomic E-state index is -0.0276. The zero-order valence-corrected chi connectivity index (χ0v) is 17.0. The number of carbonyl (C=O) groups is 2. The van der Waals surface area contributed by atoms with Gasteiger partial charge in [0.25, 0.3) is 0 Å². The Morgan fingerprint density at radius 1 is 1.08 bits per heavy atom. The third-order valence-electron chi connectivity index (χ3n) is 5.91. The summed E-state index contributed by atoms with van der Waals surface area (Å²) in [5.41, 5.74) is 3.00. The van der Waals surface area contributed by atoms with Crippen LogP contribution < -0.4 is 0 Å². The van der Waals surface area contributed by atoms with Crippen molar-refractivity contribution in [3.05, 3.63) is 23.0 Å². The summed E-state index contributed by atoms with van der Waals surface area (Å²) in [5.74, 6) is 0.786. The molecule has 1 aliphatic heterocycles. The first-order valence-corrected chi connectivity index (χ1v) is 9.92. The highest BCUT2D eigenvalue weighted by Gasteiger charge is 2.32. The molecule has 0 atom stereocenters.